The SMILES string of the molecule is COC(=O)CC(c1ccc(C)c(C)c1)c1c(O)cc(O)c2c(=O)c(O)c(-c3ccc(O)c(O)c3)oc12. The van der Waals surface area contributed by atoms with Crippen LogP contribution in [-0.2, 0) is 9.53 Å². The fourth-order valence-corrected chi connectivity index (χ4v) is 4.16. The van der Waals surface area contributed by atoms with Gasteiger partial charge in [0.05, 0.1) is 13.5 Å². The van der Waals surface area contributed by atoms with Crippen LogP contribution in [0.15, 0.2) is 51.7 Å². The number of esters is 1. The van der Waals surface area contributed by atoms with E-state index in [0.29, 0.717) is 5.56 Å². The maximum atomic E-state index is 13.1. The standard InChI is InChI=1S/C27H24O9/c1-12-4-5-14(8-13(12)2)16(10-21(32)35-3)22-19(30)11-20(31)23-24(33)25(34)26(36-27(22)23)15-6-7-17(28)18(29)9-15/h4-9,11,16,28-31,34H,10H2,1-3H3. The third-order valence-corrected chi connectivity index (χ3v) is 6.26. The van der Waals surface area contributed by atoms with Gasteiger partial charge in [0.1, 0.15) is 22.5 Å². The smallest absolute Gasteiger partial charge is 0.306 e. The van der Waals surface area contributed by atoms with Crippen molar-refractivity contribution in [3.8, 4) is 40.1 Å². The van der Waals surface area contributed by atoms with E-state index in [1.54, 1.807) is 6.07 Å². The molecule has 0 saturated heterocycles. The fourth-order valence-electron chi connectivity index (χ4n) is 4.16. The zero-order valence-corrected chi connectivity index (χ0v) is 19.7. The molecule has 186 valence electrons. The molecule has 9 heteroatoms. The Hall–Kier alpha value is -4.66. The molecule has 0 amide bonds. The number of phenolic OH excluding ortho intramolecular Hbond substituents is 4. The van der Waals surface area contributed by atoms with Crippen LogP contribution in [0, 0.1) is 13.8 Å². The van der Waals surface area contributed by atoms with Crippen molar-refractivity contribution >= 4 is 16.9 Å². The molecule has 0 spiro atoms. The maximum Gasteiger partial charge on any atom is 0.306 e. The van der Waals surface area contributed by atoms with Crippen LogP contribution >= 0.6 is 0 Å². The number of hydrogen-bond donors (Lipinski definition) is 5. The number of ether oxygens (including phenoxy) is 1. The third kappa shape index (κ3) is 4.15. The van der Waals surface area contributed by atoms with Gasteiger partial charge in [-0.2, -0.15) is 0 Å². The van der Waals surface area contributed by atoms with Crippen molar-refractivity contribution in [2.45, 2.75) is 26.2 Å². The van der Waals surface area contributed by atoms with Gasteiger partial charge in [-0.3, -0.25) is 9.59 Å². The lowest BCUT2D eigenvalue weighted by atomic mass is 9.85. The lowest BCUT2D eigenvalue weighted by Crippen LogP contribution is -2.13. The summed E-state index contributed by atoms with van der Waals surface area (Å²) < 4.78 is 10.8. The van der Waals surface area contributed by atoms with Gasteiger partial charge in [0.25, 0.3) is 0 Å². The van der Waals surface area contributed by atoms with Gasteiger partial charge >= 0.3 is 5.97 Å². The van der Waals surface area contributed by atoms with E-state index in [2.05, 4.69) is 0 Å². The Kier molecular flexibility index (Phi) is 6.24. The average molecular weight is 492 g/mol. The van der Waals surface area contributed by atoms with Crippen LogP contribution in [0.2, 0.25) is 0 Å². The molecule has 0 aliphatic rings. The number of carbonyl (C=O) groups excluding carboxylic acids is 1. The van der Waals surface area contributed by atoms with Gasteiger partial charge < -0.3 is 34.7 Å². The van der Waals surface area contributed by atoms with Gasteiger partial charge in [-0.25, -0.2) is 0 Å². The van der Waals surface area contributed by atoms with Gasteiger partial charge in [-0.05, 0) is 48.7 Å². The topological polar surface area (TPSA) is 158 Å². The Labute approximate surface area is 205 Å². The van der Waals surface area contributed by atoms with Crippen molar-refractivity contribution in [1.82, 2.24) is 0 Å². The molecule has 0 aliphatic heterocycles. The monoisotopic (exact) mass is 492 g/mol. The highest BCUT2D eigenvalue weighted by Crippen LogP contribution is 2.45. The highest BCUT2D eigenvalue weighted by Gasteiger charge is 2.30. The second kappa shape index (κ2) is 9.18. The summed E-state index contributed by atoms with van der Waals surface area (Å²) in [4.78, 5) is 25.5. The lowest BCUT2D eigenvalue weighted by Gasteiger charge is -2.21. The Morgan fingerprint density at radius 2 is 1.61 bits per heavy atom. The summed E-state index contributed by atoms with van der Waals surface area (Å²) in [5.74, 6) is -4.69. The molecule has 0 bridgehead atoms. The maximum absolute atomic E-state index is 13.1. The largest absolute Gasteiger partial charge is 0.507 e. The highest BCUT2D eigenvalue weighted by molar-refractivity contribution is 5.92. The van der Waals surface area contributed by atoms with Gasteiger partial charge in [-0.1, -0.05) is 18.2 Å². The number of rotatable bonds is 5. The lowest BCUT2D eigenvalue weighted by molar-refractivity contribution is -0.140. The van der Waals surface area contributed by atoms with E-state index in [9.17, 15) is 35.1 Å². The first kappa shape index (κ1) is 24.5. The van der Waals surface area contributed by atoms with Gasteiger partial charge in [-0.15, -0.1) is 0 Å². The second-order valence-corrected chi connectivity index (χ2v) is 8.52. The number of phenols is 4. The summed E-state index contributed by atoms with van der Waals surface area (Å²) in [6.45, 7) is 3.80. The van der Waals surface area contributed by atoms with E-state index < -0.39 is 51.4 Å². The molecule has 9 nitrogen and oxygen atoms in total. The minimum absolute atomic E-state index is 0.0257. The van der Waals surface area contributed by atoms with Gasteiger partial charge in [0.2, 0.25) is 11.2 Å². The number of carbonyl (C=O) groups is 1. The van der Waals surface area contributed by atoms with Crippen LogP contribution in [0.3, 0.4) is 0 Å². The average Bonchev–Trinajstić information content (AvgIpc) is 2.83. The van der Waals surface area contributed by atoms with E-state index in [1.807, 2.05) is 26.0 Å². The van der Waals surface area contributed by atoms with Crippen LogP contribution in [0.4, 0.5) is 0 Å². The van der Waals surface area contributed by atoms with E-state index in [0.717, 1.165) is 29.3 Å². The highest BCUT2D eigenvalue weighted by atomic mass is 16.5. The molecule has 1 heterocycles. The summed E-state index contributed by atoms with van der Waals surface area (Å²) in [7, 11) is 1.22. The van der Waals surface area contributed by atoms with Gasteiger partial charge in [0.15, 0.2) is 17.3 Å². The molecule has 36 heavy (non-hydrogen) atoms. The number of aromatic hydroxyl groups is 5. The summed E-state index contributed by atoms with van der Waals surface area (Å²) in [6, 6.07) is 9.92. The van der Waals surface area contributed by atoms with Crippen LogP contribution in [0.1, 0.15) is 34.6 Å². The number of methoxy groups -OCH3 is 1. The van der Waals surface area contributed by atoms with Crippen molar-refractivity contribution in [3.63, 3.8) is 0 Å². The molecule has 3 aromatic carbocycles. The first-order chi connectivity index (χ1) is 17.0. The molecule has 0 saturated carbocycles. The predicted octanol–water partition coefficient (Wildman–Crippen LogP) is 4.30. The van der Waals surface area contributed by atoms with E-state index in [1.165, 1.54) is 13.2 Å². The fraction of sp³-hybridized carbons (Fsp3) is 0.185. The zero-order chi connectivity index (χ0) is 26.3. The van der Waals surface area contributed by atoms with Crippen molar-refractivity contribution in [1.29, 1.82) is 0 Å². The Morgan fingerprint density at radius 3 is 2.25 bits per heavy atom. The summed E-state index contributed by atoms with van der Waals surface area (Å²) in [5.41, 5.74) is 1.36. The molecule has 1 unspecified atom stereocenters. The van der Waals surface area contributed by atoms with Crippen molar-refractivity contribution in [2.24, 2.45) is 0 Å². The minimum Gasteiger partial charge on any atom is -0.507 e. The Balaban J connectivity index is 2.09. The number of hydrogen-bond acceptors (Lipinski definition) is 9. The first-order valence-corrected chi connectivity index (χ1v) is 10.9. The third-order valence-electron chi connectivity index (χ3n) is 6.26. The summed E-state index contributed by atoms with van der Waals surface area (Å²) in [6.07, 6.45) is -0.230. The molecule has 4 aromatic rings. The summed E-state index contributed by atoms with van der Waals surface area (Å²) in [5, 5.41) is 51.2. The van der Waals surface area contributed by atoms with E-state index in [-0.39, 0.29) is 28.9 Å². The quantitative estimate of drug-likeness (QED) is 0.202. The van der Waals surface area contributed by atoms with Crippen molar-refractivity contribution in [3.05, 3.63) is 74.9 Å². The van der Waals surface area contributed by atoms with E-state index in [4.69, 9.17) is 9.15 Å². The van der Waals surface area contributed by atoms with Crippen LogP contribution in [0.25, 0.3) is 22.3 Å². The van der Waals surface area contributed by atoms with Crippen molar-refractivity contribution in [2.75, 3.05) is 7.11 Å². The molecule has 1 aromatic heterocycles. The number of fused-ring (bicyclic) bond motifs is 1. The first-order valence-electron chi connectivity index (χ1n) is 10.9. The van der Waals surface area contributed by atoms with E-state index >= 15 is 0 Å². The minimum atomic E-state index is -0.991. The molecular weight excluding hydrogens is 468 g/mol. The molecule has 0 aliphatic carbocycles. The van der Waals surface area contributed by atoms with Gasteiger partial charge in [0, 0.05) is 23.1 Å². The summed E-state index contributed by atoms with van der Waals surface area (Å²) >= 11 is 0. The normalized spacial score (nSPS) is 12.0. The second-order valence-electron chi connectivity index (χ2n) is 8.52. The molecule has 4 rings (SSSR count). The predicted molar refractivity (Wildman–Crippen MR) is 131 cm³/mol. The zero-order valence-electron chi connectivity index (χ0n) is 19.7. The van der Waals surface area contributed by atoms with Crippen LogP contribution in [-0.4, -0.2) is 38.6 Å². The molecular formula is C27H24O9. The number of aryl methyl sites for hydroxylation is 2. The van der Waals surface area contributed by atoms with Crippen LogP contribution in [0.5, 0.6) is 28.7 Å². The Bertz CT molecular complexity index is 1570. The number of benzene rings is 3. The van der Waals surface area contributed by atoms with Crippen LogP contribution < -0.4 is 5.43 Å². The molecule has 0 radical (unpaired) electrons. The molecule has 0 fully saturated rings. The molecule has 1 atom stereocenters. The Morgan fingerprint density at radius 1 is 0.889 bits per heavy atom. The molecule has 5 N–H and O–H groups in total. The van der Waals surface area contributed by atoms with Crippen molar-refractivity contribution < 1.29 is 39.5 Å².